The van der Waals surface area contributed by atoms with E-state index in [9.17, 15) is 9.59 Å². The van der Waals surface area contributed by atoms with Crippen molar-refractivity contribution in [2.45, 2.75) is 31.7 Å². The molecule has 2 aromatic rings. The van der Waals surface area contributed by atoms with Gasteiger partial charge in [-0.2, -0.15) is 0 Å². The summed E-state index contributed by atoms with van der Waals surface area (Å²) in [6.45, 7) is 0. The maximum atomic E-state index is 12.5. The average molecular weight is 312 g/mol. The minimum Gasteiger partial charge on any atom is -0.481 e. The van der Waals surface area contributed by atoms with Gasteiger partial charge in [0.1, 0.15) is 0 Å². The first kappa shape index (κ1) is 15.3. The number of carboxylic acid groups (broad SMARTS) is 1. The van der Waals surface area contributed by atoms with Crippen LogP contribution < -0.4 is 5.32 Å². The Morgan fingerprint density at radius 2 is 1.74 bits per heavy atom. The summed E-state index contributed by atoms with van der Waals surface area (Å²) in [6.07, 6.45) is 6.21. The summed E-state index contributed by atoms with van der Waals surface area (Å²) in [5.74, 6) is -1.11. The van der Waals surface area contributed by atoms with Gasteiger partial charge in [0.05, 0.1) is 11.5 Å². The Bertz CT molecular complexity index is 685. The second-order valence-electron chi connectivity index (χ2n) is 6.01. The van der Waals surface area contributed by atoms with E-state index < -0.39 is 5.97 Å². The zero-order valence-electron chi connectivity index (χ0n) is 12.8. The van der Waals surface area contributed by atoms with Gasteiger partial charge in [0.2, 0.25) is 0 Å². The lowest BCUT2D eigenvalue weighted by molar-refractivity contribution is -0.142. The van der Waals surface area contributed by atoms with E-state index >= 15 is 0 Å². The van der Waals surface area contributed by atoms with Crippen molar-refractivity contribution in [2.75, 3.05) is 0 Å². The van der Waals surface area contributed by atoms with Gasteiger partial charge in [-0.3, -0.25) is 9.59 Å². The molecule has 1 saturated carbocycles. The summed E-state index contributed by atoms with van der Waals surface area (Å²) in [7, 11) is 0. The van der Waals surface area contributed by atoms with Gasteiger partial charge in [0.25, 0.3) is 5.91 Å². The van der Waals surface area contributed by atoms with Crippen molar-refractivity contribution >= 4 is 11.9 Å². The van der Waals surface area contributed by atoms with Crippen molar-refractivity contribution < 1.29 is 14.7 Å². The van der Waals surface area contributed by atoms with E-state index in [1.54, 1.807) is 6.20 Å². The highest BCUT2D eigenvalue weighted by Gasteiger charge is 2.27. The fourth-order valence-corrected chi connectivity index (χ4v) is 3.16. The SMILES string of the molecule is O=C(NC1CCC(C(=O)O)CC1)c1c[nH]cc1-c1ccccc1. The first-order valence-corrected chi connectivity index (χ1v) is 7.91. The highest BCUT2D eigenvalue weighted by atomic mass is 16.4. The Morgan fingerprint density at radius 3 is 2.39 bits per heavy atom. The van der Waals surface area contributed by atoms with E-state index in [0.717, 1.165) is 11.1 Å². The van der Waals surface area contributed by atoms with Crippen LogP contribution in [0.5, 0.6) is 0 Å². The largest absolute Gasteiger partial charge is 0.481 e. The Kier molecular flexibility index (Phi) is 4.46. The quantitative estimate of drug-likeness (QED) is 0.811. The molecule has 5 nitrogen and oxygen atoms in total. The number of hydrogen-bond acceptors (Lipinski definition) is 2. The van der Waals surface area contributed by atoms with Crippen LogP contribution in [-0.4, -0.2) is 28.0 Å². The van der Waals surface area contributed by atoms with Gasteiger partial charge in [0.15, 0.2) is 0 Å². The summed E-state index contributed by atoms with van der Waals surface area (Å²) in [5.41, 5.74) is 2.49. The van der Waals surface area contributed by atoms with E-state index in [4.69, 9.17) is 5.11 Å². The van der Waals surface area contributed by atoms with Crippen LogP contribution in [0.1, 0.15) is 36.0 Å². The van der Waals surface area contributed by atoms with Crippen LogP contribution in [0.25, 0.3) is 11.1 Å². The van der Waals surface area contributed by atoms with Crippen molar-refractivity contribution in [3.05, 3.63) is 48.3 Å². The number of hydrogen-bond donors (Lipinski definition) is 3. The lowest BCUT2D eigenvalue weighted by Gasteiger charge is -2.26. The number of nitrogens with one attached hydrogen (secondary N) is 2. The molecular formula is C18H20N2O3. The number of aromatic nitrogens is 1. The Labute approximate surface area is 134 Å². The third-order valence-corrected chi connectivity index (χ3v) is 4.49. The molecule has 1 aromatic heterocycles. The molecule has 0 radical (unpaired) electrons. The van der Waals surface area contributed by atoms with Crippen LogP contribution in [0.2, 0.25) is 0 Å². The zero-order chi connectivity index (χ0) is 16.2. The van der Waals surface area contributed by atoms with Gasteiger partial charge in [-0.25, -0.2) is 0 Å². The topological polar surface area (TPSA) is 82.2 Å². The molecule has 1 aliphatic carbocycles. The van der Waals surface area contributed by atoms with Gasteiger partial charge in [-0.1, -0.05) is 30.3 Å². The molecule has 0 spiro atoms. The predicted octanol–water partition coefficient (Wildman–Crippen LogP) is 3.05. The third kappa shape index (κ3) is 3.44. The number of rotatable bonds is 4. The number of aromatic amines is 1. The molecule has 5 heteroatoms. The summed E-state index contributed by atoms with van der Waals surface area (Å²) < 4.78 is 0. The van der Waals surface area contributed by atoms with Crippen LogP contribution in [0.4, 0.5) is 0 Å². The number of aliphatic carboxylic acids is 1. The second kappa shape index (κ2) is 6.69. The Balaban J connectivity index is 1.66. The molecule has 120 valence electrons. The number of carbonyl (C=O) groups is 2. The number of carboxylic acids is 1. The minimum atomic E-state index is -0.730. The van der Waals surface area contributed by atoms with Crippen LogP contribution in [0, 0.1) is 5.92 Å². The van der Waals surface area contributed by atoms with Crippen molar-refractivity contribution in [1.29, 1.82) is 0 Å². The third-order valence-electron chi connectivity index (χ3n) is 4.49. The molecule has 1 amide bonds. The molecule has 0 unspecified atom stereocenters. The summed E-state index contributed by atoms with van der Waals surface area (Å²) >= 11 is 0. The molecule has 0 atom stereocenters. The number of benzene rings is 1. The first-order chi connectivity index (χ1) is 11.1. The van der Waals surface area contributed by atoms with Crippen LogP contribution in [-0.2, 0) is 4.79 Å². The summed E-state index contributed by atoms with van der Waals surface area (Å²) in [5, 5.41) is 12.1. The standard InChI is InChI=1S/C18H20N2O3/c21-17(20-14-8-6-13(7-9-14)18(22)23)16-11-19-10-15(16)12-4-2-1-3-5-12/h1-5,10-11,13-14,19H,6-9H2,(H,20,21)(H,22,23). The van der Waals surface area contributed by atoms with E-state index in [0.29, 0.717) is 31.2 Å². The lowest BCUT2D eigenvalue weighted by Crippen LogP contribution is -2.38. The monoisotopic (exact) mass is 312 g/mol. The van der Waals surface area contributed by atoms with Gasteiger partial charge >= 0.3 is 5.97 Å². The molecule has 1 aliphatic rings. The average Bonchev–Trinajstić information content (AvgIpc) is 3.06. The predicted molar refractivity (Wildman–Crippen MR) is 87.1 cm³/mol. The molecule has 0 bridgehead atoms. The lowest BCUT2D eigenvalue weighted by atomic mass is 9.86. The maximum Gasteiger partial charge on any atom is 0.306 e. The van der Waals surface area contributed by atoms with Gasteiger partial charge in [-0.15, -0.1) is 0 Å². The van der Waals surface area contributed by atoms with E-state index in [1.165, 1.54) is 0 Å². The summed E-state index contributed by atoms with van der Waals surface area (Å²) in [6, 6.07) is 9.82. The molecular weight excluding hydrogens is 292 g/mol. The number of H-pyrrole nitrogens is 1. The maximum absolute atomic E-state index is 12.5. The number of carbonyl (C=O) groups excluding carboxylic acids is 1. The van der Waals surface area contributed by atoms with Gasteiger partial charge in [-0.05, 0) is 31.2 Å². The Morgan fingerprint density at radius 1 is 1.04 bits per heavy atom. The molecule has 1 aromatic carbocycles. The molecule has 3 N–H and O–H groups in total. The second-order valence-corrected chi connectivity index (χ2v) is 6.01. The molecule has 1 heterocycles. The molecule has 3 rings (SSSR count). The summed E-state index contributed by atoms with van der Waals surface area (Å²) in [4.78, 5) is 26.5. The van der Waals surface area contributed by atoms with Crippen LogP contribution >= 0.6 is 0 Å². The Hall–Kier alpha value is -2.56. The highest BCUT2D eigenvalue weighted by Crippen LogP contribution is 2.26. The van der Waals surface area contributed by atoms with Gasteiger partial charge in [0, 0.05) is 24.0 Å². The van der Waals surface area contributed by atoms with Crippen molar-refractivity contribution in [3.63, 3.8) is 0 Å². The highest BCUT2D eigenvalue weighted by molar-refractivity contribution is 6.00. The minimum absolute atomic E-state index is 0.0524. The van der Waals surface area contributed by atoms with E-state index in [1.807, 2.05) is 36.5 Å². The normalized spacial score (nSPS) is 20.9. The number of amides is 1. The zero-order valence-corrected chi connectivity index (χ0v) is 12.8. The molecule has 0 aliphatic heterocycles. The molecule has 0 saturated heterocycles. The van der Waals surface area contributed by atoms with Gasteiger partial charge < -0.3 is 15.4 Å². The fourth-order valence-electron chi connectivity index (χ4n) is 3.16. The van der Waals surface area contributed by atoms with Crippen LogP contribution in [0.15, 0.2) is 42.7 Å². The van der Waals surface area contributed by atoms with E-state index in [2.05, 4.69) is 10.3 Å². The van der Waals surface area contributed by atoms with Crippen molar-refractivity contribution in [1.82, 2.24) is 10.3 Å². The first-order valence-electron chi connectivity index (χ1n) is 7.91. The van der Waals surface area contributed by atoms with Crippen molar-refractivity contribution in [2.24, 2.45) is 5.92 Å². The van der Waals surface area contributed by atoms with Crippen LogP contribution in [0.3, 0.4) is 0 Å². The smallest absolute Gasteiger partial charge is 0.306 e. The molecule has 23 heavy (non-hydrogen) atoms. The van der Waals surface area contributed by atoms with E-state index in [-0.39, 0.29) is 17.9 Å². The molecule has 1 fully saturated rings. The fraction of sp³-hybridized carbons (Fsp3) is 0.333. The van der Waals surface area contributed by atoms with Crippen molar-refractivity contribution in [3.8, 4) is 11.1 Å².